The summed E-state index contributed by atoms with van der Waals surface area (Å²) in [5.74, 6) is 0.803. The first-order chi connectivity index (χ1) is 7.40. The van der Waals surface area contributed by atoms with Gasteiger partial charge in [-0.3, -0.25) is 0 Å². The summed E-state index contributed by atoms with van der Waals surface area (Å²) in [5, 5.41) is -1.26. The summed E-state index contributed by atoms with van der Waals surface area (Å²) >= 11 is 0. The van der Waals surface area contributed by atoms with Crippen molar-refractivity contribution in [3.8, 4) is 11.5 Å². The molecule has 90 valence electrons. The lowest BCUT2D eigenvalue weighted by Crippen LogP contribution is -2.06. The van der Waals surface area contributed by atoms with Crippen LogP contribution in [-0.4, -0.2) is 22.6 Å². The van der Waals surface area contributed by atoms with Gasteiger partial charge in [0, 0.05) is 11.6 Å². The summed E-state index contributed by atoms with van der Waals surface area (Å²) in [7, 11) is -1.77. The standard InChI is InChI=1S/C10H13FO4S/c1-7(16(11,12)13)9-5-4-8(14-2)6-10(9)15-3/h4-7H,1-3H3. The maximum absolute atomic E-state index is 12.9. The van der Waals surface area contributed by atoms with Gasteiger partial charge in [-0.1, -0.05) is 6.07 Å². The molecule has 0 saturated carbocycles. The van der Waals surface area contributed by atoms with Crippen LogP contribution in [0.1, 0.15) is 17.7 Å². The molecule has 0 heterocycles. The van der Waals surface area contributed by atoms with E-state index in [1.54, 1.807) is 6.07 Å². The molecule has 1 aromatic carbocycles. The van der Waals surface area contributed by atoms with E-state index in [0.717, 1.165) is 0 Å². The fourth-order valence-electron chi connectivity index (χ4n) is 1.31. The van der Waals surface area contributed by atoms with Gasteiger partial charge < -0.3 is 9.47 Å². The third-order valence-corrected chi connectivity index (χ3v) is 3.40. The molecule has 1 atom stereocenters. The van der Waals surface area contributed by atoms with E-state index in [1.807, 2.05) is 0 Å². The van der Waals surface area contributed by atoms with Crippen molar-refractivity contribution in [1.29, 1.82) is 0 Å². The Kier molecular flexibility index (Phi) is 3.74. The summed E-state index contributed by atoms with van der Waals surface area (Å²) < 4.78 is 44.4. The number of benzene rings is 1. The van der Waals surface area contributed by atoms with Gasteiger partial charge in [-0.25, -0.2) is 0 Å². The largest absolute Gasteiger partial charge is 0.497 e. The van der Waals surface area contributed by atoms with E-state index >= 15 is 0 Å². The van der Waals surface area contributed by atoms with Gasteiger partial charge in [0.1, 0.15) is 16.7 Å². The zero-order valence-electron chi connectivity index (χ0n) is 9.23. The van der Waals surface area contributed by atoms with Crippen molar-refractivity contribution in [1.82, 2.24) is 0 Å². The molecule has 6 heteroatoms. The highest BCUT2D eigenvalue weighted by Crippen LogP contribution is 2.33. The number of hydrogen-bond acceptors (Lipinski definition) is 4. The first kappa shape index (κ1) is 12.8. The Balaban J connectivity index is 3.24. The van der Waals surface area contributed by atoms with Gasteiger partial charge in [-0.05, 0) is 13.0 Å². The van der Waals surface area contributed by atoms with Gasteiger partial charge in [-0.15, -0.1) is 3.89 Å². The fraction of sp³-hybridized carbons (Fsp3) is 0.400. The molecule has 0 aliphatic carbocycles. The van der Waals surface area contributed by atoms with Crippen LogP contribution in [0.5, 0.6) is 11.5 Å². The molecule has 0 N–H and O–H groups in total. The zero-order valence-corrected chi connectivity index (χ0v) is 10.0. The van der Waals surface area contributed by atoms with Crippen LogP contribution in [0.3, 0.4) is 0 Å². The normalized spacial score (nSPS) is 13.2. The molecule has 0 amide bonds. The fourth-order valence-corrected chi connectivity index (χ4v) is 1.80. The summed E-state index contributed by atoms with van der Waals surface area (Å²) in [6.45, 7) is 1.26. The number of ether oxygens (including phenoxy) is 2. The van der Waals surface area contributed by atoms with Crippen LogP contribution < -0.4 is 9.47 Å². The predicted molar refractivity (Wildman–Crippen MR) is 58.0 cm³/mol. The van der Waals surface area contributed by atoms with Crippen LogP contribution in [0.15, 0.2) is 18.2 Å². The van der Waals surface area contributed by atoms with E-state index in [4.69, 9.17) is 9.47 Å². The first-order valence-electron chi connectivity index (χ1n) is 4.55. The average Bonchev–Trinajstić information content (AvgIpc) is 2.26. The van der Waals surface area contributed by atoms with E-state index < -0.39 is 15.5 Å². The Morgan fingerprint density at radius 3 is 2.31 bits per heavy atom. The summed E-state index contributed by atoms with van der Waals surface area (Å²) in [6.07, 6.45) is 0. The van der Waals surface area contributed by atoms with Crippen LogP contribution in [-0.2, 0) is 10.2 Å². The van der Waals surface area contributed by atoms with E-state index in [-0.39, 0.29) is 11.3 Å². The van der Waals surface area contributed by atoms with Crippen LogP contribution in [0.2, 0.25) is 0 Å². The predicted octanol–water partition coefficient (Wildman–Crippen LogP) is 2.06. The van der Waals surface area contributed by atoms with Crippen molar-refractivity contribution in [3.63, 3.8) is 0 Å². The van der Waals surface area contributed by atoms with Crippen molar-refractivity contribution >= 4 is 10.2 Å². The van der Waals surface area contributed by atoms with Crippen LogP contribution >= 0.6 is 0 Å². The topological polar surface area (TPSA) is 52.6 Å². The molecule has 4 nitrogen and oxygen atoms in total. The summed E-state index contributed by atoms with van der Waals surface area (Å²) in [6, 6.07) is 4.54. The molecule has 1 unspecified atom stereocenters. The Morgan fingerprint density at radius 1 is 1.25 bits per heavy atom. The Morgan fingerprint density at radius 2 is 1.88 bits per heavy atom. The SMILES string of the molecule is COc1ccc(C(C)S(=O)(=O)F)c(OC)c1. The second-order valence-electron chi connectivity index (χ2n) is 3.23. The number of methoxy groups -OCH3 is 2. The molecule has 1 rings (SSSR count). The number of rotatable bonds is 4. The van der Waals surface area contributed by atoms with Crippen molar-refractivity contribution in [2.75, 3.05) is 14.2 Å². The molecule has 0 bridgehead atoms. The molecule has 0 saturated heterocycles. The zero-order chi connectivity index (χ0) is 12.3. The maximum Gasteiger partial charge on any atom is 0.309 e. The summed E-state index contributed by atoms with van der Waals surface area (Å²) in [4.78, 5) is 0. The maximum atomic E-state index is 12.9. The van der Waals surface area contributed by atoms with Crippen LogP contribution in [0.25, 0.3) is 0 Å². The Hall–Kier alpha value is -1.30. The minimum Gasteiger partial charge on any atom is -0.497 e. The van der Waals surface area contributed by atoms with Crippen molar-refractivity contribution in [2.45, 2.75) is 12.2 Å². The Bertz CT molecular complexity index is 470. The van der Waals surface area contributed by atoms with Gasteiger partial charge in [0.15, 0.2) is 0 Å². The lowest BCUT2D eigenvalue weighted by molar-refractivity contribution is 0.390. The number of hydrogen-bond donors (Lipinski definition) is 0. The highest BCUT2D eigenvalue weighted by molar-refractivity contribution is 7.86. The van der Waals surface area contributed by atoms with Crippen LogP contribution in [0, 0.1) is 0 Å². The third kappa shape index (κ3) is 2.63. The molecule has 0 spiro atoms. The third-order valence-electron chi connectivity index (χ3n) is 2.30. The lowest BCUT2D eigenvalue weighted by Gasteiger charge is -2.13. The second-order valence-corrected chi connectivity index (χ2v) is 4.88. The van der Waals surface area contributed by atoms with Crippen molar-refractivity contribution in [3.05, 3.63) is 23.8 Å². The molecular formula is C10H13FO4S. The van der Waals surface area contributed by atoms with Gasteiger partial charge in [-0.2, -0.15) is 8.42 Å². The monoisotopic (exact) mass is 248 g/mol. The minimum atomic E-state index is -4.63. The highest BCUT2D eigenvalue weighted by Gasteiger charge is 2.24. The molecule has 0 fully saturated rings. The van der Waals surface area contributed by atoms with Gasteiger partial charge in [0.05, 0.1) is 14.2 Å². The first-order valence-corrected chi connectivity index (χ1v) is 6.00. The smallest absolute Gasteiger partial charge is 0.309 e. The quantitative estimate of drug-likeness (QED) is 0.765. The van der Waals surface area contributed by atoms with E-state index in [9.17, 15) is 12.3 Å². The lowest BCUT2D eigenvalue weighted by atomic mass is 10.1. The second kappa shape index (κ2) is 4.69. The molecule has 0 radical (unpaired) electrons. The van der Waals surface area contributed by atoms with Crippen molar-refractivity contribution in [2.24, 2.45) is 0 Å². The molecule has 16 heavy (non-hydrogen) atoms. The van der Waals surface area contributed by atoms with E-state index in [0.29, 0.717) is 5.75 Å². The van der Waals surface area contributed by atoms with E-state index in [1.165, 1.54) is 33.3 Å². The molecule has 0 aromatic heterocycles. The van der Waals surface area contributed by atoms with Gasteiger partial charge >= 0.3 is 10.2 Å². The van der Waals surface area contributed by atoms with E-state index in [2.05, 4.69) is 0 Å². The molecular weight excluding hydrogens is 235 g/mol. The average molecular weight is 248 g/mol. The molecule has 0 aliphatic rings. The van der Waals surface area contributed by atoms with Gasteiger partial charge in [0.25, 0.3) is 0 Å². The highest BCUT2D eigenvalue weighted by atomic mass is 32.3. The van der Waals surface area contributed by atoms with Crippen LogP contribution in [0.4, 0.5) is 3.89 Å². The number of halogens is 1. The minimum absolute atomic E-state index is 0.269. The summed E-state index contributed by atoms with van der Waals surface area (Å²) in [5.41, 5.74) is 0.269. The molecule has 0 aliphatic heterocycles. The van der Waals surface area contributed by atoms with Crippen molar-refractivity contribution < 1.29 is 21.8 Å². The van der Waals surface area contributed by atoms with Gasteiger partial charge in [0.2, 0.25) is 0 Å². The Labute approximate surface area is 94.2 Å². The molecule has 1 aromatic rings.